The zero-order valence-electron chi connectivity index (χ0n) is 8.80. The number of hydrogen-bond acceptors (Lipinski definition) is 6. The topological polar surface area (TPSA) is 111 Å². The minimum absolute atomic E-state index is 0.111. The standard InChI is InChI=1S/C9H12N4O3/c1-8(10)4-9(14)6(13(8)15)3-2-5-7(9)12-16-11-5/h14H,2-4,10H2,1H3/t8-,9+/m0/s1. The lowest BCUT2D eigenvalue weighted by atomic mass is 9.81. The van der Waals surface area contributed by atoms with Crippen molar-refractivity contribution in [3.05, 3.63) is 16.6 Å². The minimum Gasteiger partial charge on any atom is -0.622 e. The van der Waals surface area contributed by atoms with Gasteiger partial charge in [-0.1, -0.05) is 10.3 Å². The monoisotopic (exact) mass is 224 g/mol. The molecule has 86 valence electrons. The van der Waals surface area contributed by atoms with Crippen molar-refractivity contribution < 1.29 is 14.5 Å². The van der Waals surface area contributed by atoms with Crippen LogP contribution < -0.4 is 5.73 Å². The summed E-state index contributed by atoms with van der Waals surface area (Å²) >= 11 is 0. The van der Waals surface area contributed by atoms with Crippen molar-refractivity contribution in [3.8, 4) is 0 Å². The van der Waals surface area contributed by atoms with Gasteiger partial charge in [-0.25, -0.2) is 4.63 Å². The van der Waals surface area contributed by atoms with E-state index in [0.29, 0.717) is 34.7 Å². The second kappa shape index (κ2) is 2.61. The van der Waals surface area contributed by atoms with E-state index in [4.69, 9.17) is 5.73 Å². The smallest absolute Gasteiger partial charge is 0.225 e. The Hall–Kier alpha value is -1.47. The predicted molar refractivity (Wildman–Crippen MR) is 52.4 cm³/mol. The minimum atomic E-state index is -1.40. The van der Waals surface area contributed by atoms with E-state index < -0.39 is 11.3 Å². The summed E-state index contributed by atoms with van der Waals surface area (Å²) in [5.74, 6) is 0. The van der Waals surface area contributed by atoms with E-state index in [1.807, 2.05) is 0 Å². The van der Waals surface area contributed by atoms with E-state index in [9.17, 15) is 10.3 Å². The maximum atomic E-state index is 11.9. The molecule has 0 spiro atoms. The van der Waals surface area contributed by atoms with Crippen LogP contribution in [0.25, 0.3) is 0 Å². The van der Waals surface area contributed by atoms with Gasteiger partial charge in [-0.15, -0.1) is 0 Å². The van der Waals surface area contributed by atoms with Gasteiger partial charge < -0.3 is 10.3 Å². The third kappa shape index (κ3) is 0.966. The maximum absolute atomic E-state index is 11.9. The normalized spacial score (nSPS) is 37.4. The van der Waals surface area contributed by atoms with Crippen LogP contribution in [0.3, 0.4) is 0 Å². The largest absolute Gasteiger partial charge is 0.622 e. The first-order valence-corrected chi connectivity index (χ1v) is 5.12. The first kappa shape index (κ1) is 9.73. The molecule has 1 aromatic rings. The molecule has 0 unspecified atom stereocenters. The van der Waals surface area contributed by atoms with E-state index in [1.165, 1.54) is 0 Å². The zero-order valence-corrected chi connectivity index (χ0v) is 8.80. The highest BCUT2D eigenvalue weighted by atomic mass is 16.6. The molecule has 2 heterocycles. The van der Waals surface area contributed by atoms with Crippen LogP contribution in [0.15, 0.2) is 4.63 Å². The summed E-state index contributed by atoms with van der Waals surface area (Å²) in [4.78, 5) is 0. The van der Waals surface area contributed by atoms with Crippen LogP contribution in [0, 0.1) is 5.21 Å². The number of hydroxylamine groups is 1. The highest BCUT2D eigenvalue weighted by molar-refractivity contribution is 5.92. The summed E-state index contributed by atoms with van der Waals surface area (Å²) in [5.41, 5.74) is 4.64. The molecule has 3 N–H and O–H groups in total. The van der Waals surface area contributed by atoms with Crippen LogP contribution in [-0.4, -0.2) is 31.5 Å². The first-order chi connectivity index (χ1) is 7.45. The van der Waals surface area contributed by atoms with Crippen LogP contribution in [0.2, 0.25) is 0 Å². The molecule has 0 fully saturated rings. The highest BCUT2D eigenvalue weighted by Gasteiger charge is 2.60. The molecule has 0 aromatic carbocycles. The fourth-order valence-electron chi connectivity index (χ4n) is 2.62. The van der Waals surface area contributed by atoms with Gasteiger partial charge in [-0.3, -0.25) is 5.73 Å². The molecule has 3 rings (SSSR count). The van der Waals surface area contributed by atoms with Crippen LogP contribution in [0.1, 0.15) is 31.2 Å². The Labute approximate surface area is 91.1 Å². The van der Waals surface area contributed by atoms with Gasteiger partial charge >= 0.3 is 0 Å². The molecular formula is C9H12N4O3. The van der Waals surface area contributed by atoms with E-state index in [-0.39, 0.29) is 6.42 Å². The van der Waals surface area contributed by atoms with Crippen LogP contribution >= 0.6 is 0 Å². The molecule has 2 atom stereocenters. The summed E-state index contributed by atoms with van der Waals surface area (Å²) in [7, 11) is 0. The average molecular weight is 224 g/mol. The Bertz CT molecular complexity index is 493. The number of hydrogen-bond donors (Lipinski definition) is 2. The van der Waals surface area contributed by atoms with Gasteiger partial charge in [0, 0.05) is 19.8 Å². The molecular weight excluding hydrogens is 212 g/mol. The van der Waals surface area contributed by atoms with Gasteiger partial charge in [0.1, 0.15) is 5.69 Å². The number of aryl methyl sites for hydroxylation is 1. The third-order valence-corrected chi connectivity index (χ3v) is 3.35. The van der Waals surface area contributed by atoms with Crippen molar-refractivity contribution >= 4 is 5.71 Å². The van der Waals surface area contributed by atoms with Crippen molar-refractivity contribution in [3.63, 3.8) is 0 Å². The summed E-state index contributed by atoms with van der Waals surface area (Å²) in [6, 6.07) is 0. The summed E-state index contributed by atoms with van der Waals surface area (Å²) in [5, 5.41) is 29.9. The van der Waals surface area contributed by atoms with Crippen LogP contribution in [-0.2, 0) is 12.0 Å². The number of nitrogens with two attached hydrogens (primary N) is 1. The molecule has 2 aliphatic rings. The molecule has 16 heavy (non-hydrogen) atoms. The Morgan fingerprint density at radius 3 is 3.00 bits per heavy atom. The summed E-state index contributed by atoms with van der Waals surface area (Å²) in [6.45, 7) is 1.59. The van der Waals surface area contributed by atoms with Gasteiger partial charge in [0.15, 0.2) is 5.69 Å². The Kier molecular flexibility index (Phi) is 1.59. The van der Waals surface area contributed by atoms with Crippen molar-refractivity contribution in [1.82, 2.24) is 10.3 Å². The lowest BCUT2D eigenvalue weighted by Gasteiger charge is -2.22. The second-order valence-corrected chi connectivity index (χ2v) is 4.69. The SMILES string of the molecule is C[C@@]1(N)C[C@@]2(O)C(=[N+]1[O-])CCc1nonc12. The van der Waals surface area contributed by atoms with E-state index in [2.05, 4.69) is 14.9 Å². The Balaban J connectivity index is 2.22. The Morgan fingerprint density at radius 2 is 2.25 bits per heavy atom. The van der Waals surface area contributed by atoms with Gasteiger partial charge in [0.25, 0.3) is 0 Å². The van der Waals surface area contributed by atoms with Crippen molar-refractivity contribution in [2.75, 3.05) is 0 Å². The molecule has 7 nitrogen and oxygen atoms in total. The van der Waals surface area contributed by atoms with Gasteiger partial charge in [0.05, 0.1) is 6.42 Å². The number of nitrogens with zero attached hydrogens (tertiary/aromatic N) is 3. The third-order valence-electron chi connectivity index (χ3n) is 3.35. The molecule has 0 saturated heterocycles. The summed E-state index contributed by atoms with van der Waals surface area (Å²) in [6.07, 6.45) is 1.10. The zero-order chi connectivity index (χ0) is 11.6. The summed E-state index contributed by atoms with van der Waals surface area (Å²) < 4.78 is 5.31. The van der Waals surface area contributed by atoms with Gasteiger partial charge in [0.2, 0.25) is 17.0 Å². The lowest BCUT2D eigenvalue weighted by Crippen LogP contribution is -2.43. The second-order valence-electron chi connectivity index (χ2n) is 4.69. The fraction of sp³-hybridized carbons (Fsp3) is 0.667. The number of rotatable bonds is 0. The molecule has 1 aliphatic heterocycles. The molecule has 0 amide bonds. The molecule has 0 saturated carbocycles. The predicted octanol–water partition coefficient (Wildman–Crippen LogP) is -0.767. The average Bonchev–Trinajstić information content (AvgIpc) is 2.70. The lowest BCUT2D eigenvalue weighted by molar-refractivity contribution is -0.536. The quantitative estimate of drug-likeness (QED) is 0.442. The molecule has 0 bridgehead atoms. The molecule has 7 heteroatoms. The molecule has 1 aromatic heterocycles. The number of aromatic nitrogens is 2. The number of aliphatic hydroxyl groups is 1. The number of fused-ring (bicyclic) bond motifs is 3. The molecule has 1 aliphatic carbocycles. The van der Waals surface area contributed by atoms with Crippen molar-refractivity contribution in [1.29, 1.82) is 0 Å². The van der Waals surface area contributed by atoms with E-state index in [0.717, 1.165) is 0 Å². The fourth-order valence-corrected chi connectivity index (χ4v) is 2.62. The highest BCUT2D eigenvalue weighted by Crippen LogP contribution is 2.41. The van der Waals surface area contributed by atoms with E-state index in [1.54, 1.807) is 6.92 Å². The molecule has 0 radical (unpaired) electrons. The maximum Gasteiger partial charge on any atom is 0.225 e. The van der Waals surface area contributed by atoms with Crippen molar-refractivity contribution in [2.24, 2.45) is 5.73 Å². The van der Waals surface area contributed by atoms with Crippen molar-refractivity contribution in [2.45, 2.75) is 37.5 Å². The Morgan fingerprint density at radius 1 is 1.50 bits per heavy atom. The first-order valence-electron chi connectivity index (χ1n) is 5.12. The van der Waals surface area contributed by atoms with Crippen LogP contribution in [0.4, 0.5) is 0 Å². The van der Waals surface area contributed by atoms with E-state index >= 15 is 0 Å². The van der Waals surface area contributed by atoms with Gasteiger partial charge in [-0.2, -0.15) is 4.74 Å². The van der Waals surface area contributed by atoms with Crippen LogP contribution in [0.5, 0.6) is 0 Å². The van der Waals surface area contributed by atoms with Gasteiger partial charge in [-0.05, 0) is 0 Å².